The number of hydrogen-bond donors (Lipinski definition) is 2. The van der Waals surface area contributed by atoms with Crippen LogP contribution >= 0.6 is 11.3 Å². The van der Waals surface area contributed by atoms with Gasteiger partial charge < -0.3 is 15.1 Å². The summed E-state index contributed by atoms with van der Waals surface area (Å²) in [5, 5.41) is 8.03. The van der Waals surface area contributed by atoms with Gasteiger partial charge in [0.1, 0.15) is 11.5 Å². The number of furan rings is 1. The average Bonchev–Trinajstić information content (AvgIpc) is 3.30. The van der Waals surface area contributed by atoms with Crippen LogP contribution in [-0.4, -0.2) is 16.8 Å². The smallest absolute Gasteiger partial charge is 0.226 e. The first kappa shape index (κ1) is 19.6. The molecule has 0 saturated heterocycles. The second kappa shape index (κ2) is 9.69. The molecule has 1 aliphatic rings. The summed E-state index contributed by atoms with van der Waals surface area (Å²) in [4.78, 5) is 27.5. The van der Waals surface area contributed by atoms with Gasteiger partial charge in [-0.15, -0.1) is 11.3 Å². The fourth-order valence-electron chi connectivity index (χ4n) is 3.48. The summed E-state index contributed by atoms with van der Waals surface area (Å²) in [7, 11) is 0. The minimum absolute atomic E-state index is 0.0255. The number of hydrogen-bond acceptors (Lipinski definition) is 5. The third-order valence-electron chi connectivity index (χ3n) is 4.92. The molecular formula is C20H27N3O3S. The summed E-state index contributed by atoms with van der Waals surface area (Å²) >= 11 is 1.39. The van der Waals surface area contributed by atoms with Gasteiger partial charge in [-0.05, 0) is 30.9 Å². The Balaban J connectivity index is 1.44. The van der Waals surface area contributed by atoms with Crippen LogP contribution in [0.5, 0.6) is 0 Å². The SMILES string of the molecule is CC(=O)NCc1ccc(-c2csc(NC(=O)CCCC3CCCCC3)n2)o1. The van der Waals surface area contributed by atoms with E-state index in [9.17, 15) is 9.59 Å². The topological polar surface area (TPSA) is 84.2 Å². The van der Waals surface area contributed by atoms with Crippen LogP contribution in [0.15, 0.2) is 21.9 Å². The molecule has 1 saturated carbocycles. The molecule has 2 aromatic rings. The molecule has 2 N–H and O–H groups in total. The van der Waals surface area contributed by atoms with Crippen molar-refractivity contribution in [2.75, 3.05) is 5.32 Å². The maximum absolute atomic E-state index is 12.1. The molecule has 27 heavy (non-hydrogen) atoms. The third kappa shape index (κ3) is 6.20. The van der Waals surface area contributed by atoms with E-state index in [2.05, 4.69) is 15.6 Å². The van der Waals surface area contributed by atoms with Crippen LogP contribution in [0.1, 0.15) is 64.1 Å². The summed E-state index contributed by atoms with van der Waals surface area (Å²) < 4.78 is 5.69. The molecule has 7 heteroatoms. The molecule has 0 bridgehead atoms. The highest BCUT2D eigenvalue weighted by molar-refractivity contribution is 7.14. The highest BCUT2D eigenvalue weighted by atomic mass is 32.1. The summed E-state index contributed by atoms with van der Waals surface area (Å²) in [6.07, 6.45) is 9.35. The maximum atomic E-state index is 12.1. The van der Waals surface area contributed by atoms with E-state index in [-0.39, 0.29) is 11.8 Å². The first-order chi connectivity index (χ1) is 13.1. The lowest BCUT2D eigenvalue weighted by Crippen LogP contribution is -2.18. The summed E-state index contributed by atoms with van der Waals surface area (Å²) in [5.41, 5.74) is 0.687. The Morgan fingerprint density at radius 1 is 1.26 bits per heavy atom. The minimum Gasteiger partial charge on any atom is -0.458 e. The van der Waals surface area contributed by atoms with E-state index in [1.54, 1.807) is 0 Å². The van der Waals surface area contributed by atoms with Gasteiger partial charge in [-0.3, -0.25) is 9.59 Å². The van der Waals surface area contributed by atoms with E-state index in [1.165, 1.54) is 50.4 Å². The van der Waals surface area contributed by atoms with Gasteiger partial charge in [0, 0.05) is 18.7 Å². The van der Waals surface area contributed by atoms with Crippen molar-refractivity contribution in [3.63, 3.8) is 0 Å². The molecular weight excluding hydrogens is 362 g/mol. The van der Waals surface area contributed by atoms with Crippen molar-refractivity contribution >= 4 is 28.3 Å². The second-order valence-corrected chi connectivity index (χ2v) is 8.02. The van der Waals surface area contributed by atoms with E-state index in [4.69, 9.17) is 4.42 Å². The minimum atomic E-state index is -0.102. The van der Waals surface area contributed by atoms with Crippen LogP contribution in [0.25, 0.3) is 11.5 Å². The Labute approximate surface area is 163 Å². The van der Waals surface area contributed by atoms with Gasteiger partial charge in [-0.2, -0.15) is 0 Å². The van der Waals surface area contributed by atoms with Gasteiger partial charge in [0.15, 0.2) is 10.9 Å². The molecule has 0 atom stereocenters. The van der Waals surface area contributed by atoms with Crippen molar-refractivity contribution in [1.82, 2.24) is 10.3 Å². The predicted octanol–water partition coefficient (Wildman–Crippen LogP) is 4.73. The summed E-state index contributed by atoms with van der Waals surface area (Å²) in [6.45, 7) is 1.82. The normalized spacial score (nSPS) is 14.9. The van der Waals surface area contributed by atoms with Crippen LogP contribution in [0, 0.1) is 5.92 Å². The lowest BCUT2D eigenvalue weighted by Gasteiger charge is -2.20. The molecule has 0 aromatic carbocycles. The molecule has 3 rings (SSSR count). The Kier molecular flexibility index (Phi) is 7.04. The fraction of sp³-hybridized carbons (Fsp3) is 0.550. The standard InChI is InChI=1S/C20H27N3O3S/c1-14(24)21-12-16-10-11-18(26-16)17-13-27-20(22-17)23-19(25)9-5-8-15-6-3-2-4-7-15/h10-11,13,15H,2-9,12H2,1H3,(H,21,24)(H,22,23,25). The monoisotopic (exact) mass is 389 g/mol. The van der Waals surface area contributed by atoms with Gasteiger partial charge >= 0.3 is 0 Å². The largest absolute Gasteiger partial charge is 0.458 e. The molecule has 0 unspecified atom stereocenters. The number of anilines is 1. The lowest BCUT2D eigenvalue weighted by molar-refractivity contribution is -0.119. The van der Waals surface area contributed by atoms with Crippen LogP contribution in [0.3, 0.4) is 0 Å². The molecule has 0 aliphatic heterocycles. The molecule has 146 valence electrons. The predicted molar refractivity (Wildman–Crippen MR) is 106 cm³/mol. The van der Waals surface area contributed by atoms with Crippen molar-refractivity contribution in [2.45, 2.75) is 64.8 Å². The van der Waals surface area contributed by atoms with Crippen molar-refractivity contribution in [1.29, 1.82) is 0 Å². The number of amides is 2. The zero-order valence-corrected chi connectivity index (χ0v) is 16.6. The van der Waals surface area contributed by atoms with Crippen LogP contribution in [0.4, 0.5) is 5.13 Å². The van der Waals surface area contributed by atoms with Crippen molar-refractivity contribution in [3.05, 3.63) is 23.3 Å². The first-order valence-electron chi connectivity index (χ1n) is 9.69. The number of rotatable bonds is 8. The zero-order valence-electron chi connectivity index (χ0n) is 15.8. The fourth-order valence-corrected chi connectivity index (χ4v) is 4.19. The van der Waals surface area contributed by atoms with Gasteiger partial charge in [0.2, 0.25) is 11.8 Å². The third-order valence-corrected chi connectivity index (χ3v) is 5.67. The highest BCUT2D eigenvalue weighted by Gasteiger charge is 2.15. The first-order valence-corrected chi connectivity index (χ1v) is 10.6. The van der Waals surface area contributed by atoms with E-state index in [0.29, 0.717) is 35.3 Å². The number of nitrogens with one attached hydrogen (secondary N) is 2. The summed E-state index contributed by atoms with van der Waals surface area (Å²) in [5.74, 6) is 2.03. The molecule has 1 aliphatic carbocycles. The Morgan fingerprint density at radius 3 is 2.85 bits per heavy atom. The second-order valence-electron chi connectivity index (χ2n) is 7.16. The Bertz CT molecular complexity index is 762. The molecule has 1 fully saturated rings. The van der Waals surface area contributed by atoms with E-state index >= 15 is 0 Å². The molecule has 2 amide bonds. The van der Waals surface area contributed by atoms with Crippen molar-refractivity contribution < 1.29 is 14.0 Å². The van der Waals surface area contributed by atoms with Gasteiger partial charge in [-0.25, -0.2) is 4.98 Å². The molecule has 0 radical (unpaired) electrons. The zero-order chi connectivity index (χ0) is 19.1. The number of thiazole rings is 1. The van der Waals surface area contributed by atoms with Crippen molar-refractivity contribution in [2.24, 2.45) is 5.92 Å². The van der Waals surface area contributed by atoms with Crippen LogP contribution in [-0.2, 0) is 16.1 Å². The highest BCUT2D eigenvalue weighted by Crippen LogP contribution is 2.29. The lowest BCUT2D eigenvalue weighted by atomic mass is 9.86. The number of carbonyl (C=O) groups excluding carboxylic acids is 2. The van der Waals surface area contributed by atoms with Crippen LogP contribution < -0.4 is 10.6 Å². The molecule has 6 nitrogen and oxygen atoms in total. The Hall–Kier alpha value is -2.15. The van der Waals surface area contributed by atoms with E-state index in [0.717, 1.165) is 18.8 Å². The molecule has 2 heterocycles. The van der Waals surface area contributed by atoms with E-state index in [1.807, 2.05) is 17.5 Å². The maximum Gasteiger partial charge on any atom is 0.226 e. The quantitative estimate of drug-likeness (QED) is 0.684. The summed E-state index contributed by atoms with van der Waals surface area (Å²) in [6, 6.07) is 3.64. The van der Waals surface area contributed by atoms with Gasteiger partial charge in [0.05, 0.1) is 6.54 Å². The van der Waals surface area contributed by atoms with Crippen LogP contribution in [0.2, 0.25) is 0 Å². The van der Waals surface area contributed by atoms with Crippen molar-refractivity contribution in [3.8, 4) is 11.5 Å². The number of nitrogens with zero attached hydrogens (tertiary/aromatic N) is 1. The van der Waals surface area contributed by atoms with Gasteiger partial charge in [0.25, 0.3) is 0 Å². The van der Waals surface area contributed by atoms with Gasteiger partial charge in [-0.1, -0.05) is 32.1 Å². The number of carbonyl (C=O) groups is 2. The average molecular weight is 390 g/mol. The molecule has 0 spiro atoms. The Morgan fingerprint density at radius 2 is 2.07 bits per heavy atom. The molecule has 2 aromatic heterocycles. The number of aromatic nitrogens is 1. The van der Waals surface area contributed by atoms with E-state index < -0.39 is 0 Å².